The van der Waals surface area contributed by atoms with E-state index in [0.717, 1.165) is 50.3 Å². The molecule has 0 saturated carbocycles. The lowest BCUT2D eigenvalue weighted by Crippen LogP contribution is -2.52. The second kappa shape index (κ2) is 13.9. The number of carbonyl (C=O) groups excluding carboxylic acids is 1. The van der Waals surface area contributed by atoms with Crippen LogP contribution >= 0.6 is 11.6 Å². The van der Waals surface area contributed by atoms with E-state index in [1.165, 1.54) is 24.5 Å². The van der Waals surface area contributed by atoms with Crippen LogP contribution in [0.25, 0.3) is 16.5 Å². The lowest BCUT2D eigenvalue weighted by atomic mass is 10.0. The lowest BCUT2D eigenvalue weighted by molar-refractivity contribution is -0.127. The highest BCUT2D eigenvalue weighted by atomic mass is 35.5. The Bertz CT molecular complexity index is 1610. The smallest absolute Gasteiger partial charge is 0.245 e. The van der Waals surface area contributed by atoms with E-state index in [-0.39, 0.29) is 23.1 Å². The van der Waals surface area contributed by atoms with E-state index in [1.807, 2.05) is 18.3 Å². The number of likely N-dealkylation sites (tertiary alicyclic amines) is 2. The van der Waals surface area contributed by atoms with Crippen molar-refractivity contribution in [3.8, 4) is 5.75 Å². The van der Waals surface area contributed by atoms with Crippen molar-refractivity contribution in [3.05, 3.63) is 71.9 Å². The molecule has 0 aliphatic carbocycles. The third-order valence-electron chi connectivity index (χ3n) is 8.69. The summed E-state index contributed by atoms with van der Waals surface area (Å²) in [6, 6.07) is 8.96. The second-order valence-electron chi connectivity index (χ2n) is 11.5. The standard InChI is InChI=1S/C33H37ClFN7O3/c1-2-32(43)42-11-7-25(8-12-42)45-31-15-27-30(38-20-39-33(27)40-23-3-4-29(35)28(34)13-23)14-26(31)21(16-36)17-37-22-5-9-41(10-6-22)24-18-44-19-24/h2-4,13-17,20,22,24-25H,1,5-12,18-19,36H2,(H,38,39,40). The van der Waals surface area contributed by atoms with Gasteiger partial charge in [0.15, 0.2) is 0 Å². The summed E-state index contributed by atoms with van der Waals surface area (Å²) in [6.07, 6.45) is 9.36. The van der Waals surface area contributed by atoms with Crippen LogP contribution < -0.4 is 15.8 Å². The van der Waals surface area contributed by atoms with Crippen molar-refractivity contribution in [2.24, 2.45) is 10.7 Å². The number of halogens is 2. The average molecular weight is 634 g/mol. The van der Waals surface area contributed by atoms with Crippen LogP contribution in [0.4, 0.5) is 15.9 Å². The molecule has 0 radical (unpaired) electrons. The Hall–Kier alpha value is -4.06. The minimum atomic E-state index is -0.503. The van der Waals surface area contributed by atoms with Crippen LogP contribution in [0.5, 0.6) is 5.75 Å². The van der Waals surface area contributed by atoms with Crippen LogP contribution in [-0.2, 0) is 9.53 Å². The summed E-state index contributed by atoms with van der Waals surface area (Å²) in [5.74, 6) is 0.539. The molecule has 0 atom stereocenters. The quantitative estimate of drug-likeness (QED) is 0.251. The number of aromatic nitrogens is 2. The number of ether oxygens (including phenoxy) is 2. The highest BCUT2D eigenvalue weighted by Gasteiger charge is 2.29. The van der Waals surface area contributed by atoms with E-state index in [4.69, 9.17) is 31.8 Å². The fraction of sp³-hybridized carbons (Fsp3) is 0.394. The maximum Gasteiger partial charge on any atom is 0.245 e. The first-order valence-electron chi connectivity index (χ1n) is 15.3. The van der Waals surface area contributed by atoms with Gasteiger partial charge in [0.25, 0.3) is 0 Å². The van der Waals surface area contributed by atoms with Gasteiger partial charge in [0, 0.05) is 73.6 Å². The molecule has 1 amide bonds. The van der Waals surface area contributed by atoms with Gasteiger partial charge in [-0.25, -0.2) is 14.4 Å². The van der Waals surface area contributed by atoms with E-state index in [2.05, 4.69) is 26.8 Å². The number of rotatable bonds is 9. The van der Waals surface area contributed by atoms with Gasteiger partial charge in [0.05, 0.1) is 35.8 Å². The van der Waals surface area contributed by atoms with E-state index < -0.39 is 5.82 Å². The first-order chi connectivity index (χ1) is 21.9. The van der Waals surface area contributed by atoms with Crippen molar-refractivity contribution < 1.29 is 18.7 Å². The maximum atomic E-state index is 13.8. The van der Waals surface area contributed by atoms with Gasteiger partial charge in [-0.2, -0.15) is 0 Å². The van der Waals surface area contributed by atoms with Gasteiger partial charge >= 0.3 is 0 Å². The van der Waals surface area contributed by atoms with Gasteiger partial charge in [0.2, 0.25) is 5.91 Å². The Labute approximate surface area is 266 Å². The Balaban J connectivity index is 1.28. The minimum absolute atomic E-state index is 0.00527. The fourth-order valence-corrected chi connectivity index (χ4v) is 6.12. The fourth-order valence-electron chi connectivity index (χ4n) is 5.94. The molecular formula is C33H37ClFN7O3. The van der Waals surface area contributed by atoms with Gasteiger partial charge in [-0.05, 0) is 49.2 Å². The van der Waals surface area contributed by atoms with E-state index in [1.54, 1.807) is 17.2 Å². The number of allylic oxidation sites excluding steroid dienone is 1. The summed E-state index contributed by atoms with van der Waals surface area (Å²) in [6.45, 7) is 8.40. The number of carbonyl (C=O) groups is 1. The Morgan fingerprint density at radius 3 is 2.58 bits per heavy atom. The molecule has 45 heavy (non-hydrogen) atoms. The van der Waals surface area contributed by atoms with Crippen molar-refractivity contribution in [1.82, 2.24) is 19.8 Å². The number of nitrogens with zero attached hydrogens (tertiary/aromatic N) is 5. The molecule has 10 nitrogen and oxygen atoms in total. The number of fused-ring (bicyclic) bond motifs is 1. The SMILES string of the molecule is C=CC(=O)N1CCC(Oc2cc3c(Nc4ccc(F)c(Cl)c4)ncnc3cc2C(C=NC2CCN(C3COC3)CC2)=CN)CC1. The molecule has 4 heterocycles. The molecular weight excluding hydrogens is 597 g/mol. The molecule has 6 rings (SSSR count). The normalized spacial score (nSPS) is 19.2. The first-order valence-corrected chi connectivity index (χ1v) is 15.7. The zero-order valence-corrected chi connectivity index (χ0v) is 25.8. The number of aliphatic imine (C=N–C) groups is 1. The zero-order valence-electron chi connectivity index (χ0n) is 25.0. The largest absolute Gasteiger partial charge is 0.490 e. The number of anilines is 2. The molecule has 3 aromatic rings. The summed E-state index contributed by atoms with van der Waals surface area (Å²) in [5, 5.41) is 3.94. The zero-order chi connectivity index (χ0) is 31.3. The van der Waals surface area contributed by atoms with Crippen molar-refractivity contribution in [2.45, 2.75) is 43.9 Å². The van der Waals surface area contributed by atoms with Gasteiger partial charge in [0.1, 0.15) is 29.8 Å². The lowest BCUT2D eigenvalue weighted by Gasteiger charge is -2.40. The van der Waals surface area contributed by atoms with Crippen LogP contribution in [0, 0.1) is 5.82 Å². The van der Waals surface area contributed by atoms with Crippen molar-refractivity contribution in [3.63, 3.8) is 0 Å². The van der Waals surface area contributed by atoms with Crippen molar-refractivity contribution >= 4 is 51.7 Å². The molecule has 236 valence electrons. The Morgan fingerprint density at radius 2 is 1.91 bits per heavy atom. The van der Waals surface area contributed by atoms with E-state index in [0.29, 0.717) is 60.1 Å². The number of nitrogens with one attached hydrogen (secondary N) is 1. The summed E-state index contributed by atoms with van der Waals surface area (Å²) >= 11 is 6.02. The van der Waals surface area contributed by atoms with Crippen molar-refractivity contribution in [1.29, 1.82) is 0 Å². The number of hydrogen-bond acceptors (Lipinski definition) is 9. The third kappa shape index (κ3) is 7.11. The van der Waals surface area contributed by atoms with Crippen LogP contribution in [0.2, 0.25) is 5.02 Å². The maximum absolute atomic E-state index is 13.8. The molecule has 0 bridgehead atoms. The van der Waals surface area contributed by atoms with Crippen LogP contribution in [0.15, 0.2) is 60.5 Å². The number of amides is 1. The second-order valence-corrected chi connectivity index (χ2v) is 12.0. The summed E-state index contributed by atoms with van der Waals surface area (Å²) in [4.78, 5) is 30.3. The molecule has 12 heteroatoms. The van der Waals surface area contributed by atoms with Gasteiger partial charge in [-0.3, -0.25) is 14.7 Å². The summed E-state index contributed by atoms with van der Waals surface area (Å²) < 4.78 is 25.8. The molecule has 1 aromatic heterocycles. The number of hydrogen-bond donors (Lipinski definition) is 2. The molecule has 3 aliphatic rings. The Morgan fingerprint density at radius 1 is 1.13 bits per heavy atom. The first kappa shape index (κ1) is 30.9. The monoisotopic (exact) mass is 633 g/mol. The van der Waals surface area contributed by atoms with E-state index in [9.17, 15) is 9.18 Å². The third-order valence-corrected chi connectivity index (χ3v) is 8.98. The molecule has 0 spiro atoms. The highest BCUT2D eigenvalue weighted by Crippen LogP contribution is 2.35. The summed E-state index contributed by atoms with van der Waals surface area (Å²) in [5.41, 5.74) is 8.94. The average Bonchev–Trinajstić information content (AvgIpc) is 3.03. The Kier molecular flexibility index (Phi) is 9.58. The van der Waals surface area contributed by atoms with Gasteiger partial charge in [-0.1, -0.05) is 18.2 Å². The molecule has 0 unspecified atom stereocenters. The van der Waals surface area contributed by atoms with Gasteiger partial charge in [-0.15, -0.1) is 0 Å². The predicted octanol–water partition coefficient (Wildman–Crippen LogP) is 4.96. The molecule has 3 saturated heterocycles. The number of piperidine rings is 2. The van der Waals surface area contributed by atoms with Crippen LogP contribution in [0.1, 0.15) is 31.2 Å². The van der Waals surface area contributed by atoms with Crippen LogP contribution in [-0.4, -0.2) is 89.5 Å². The van der Waals surface area contributed by atoms with Gasteiger partial charge < -0.3 is 25.4 Å². The molecule has 3 N–H and O–H groups in total. The molecule has 2 aromatic carbocycles. The van der Waals surface area contributed by atoms with E-state index >= 15 is 0 Å². The highest BCUT2D eigenvalue weighted by molar-refractivity contribution is 6.31. The summed E-state index contributed by atoms with van der Waals surface area (Å²) in [7, 11) is 0. The molecule has 3 aliphatic heterocycles. The topological polar surface area (TPSA) is 118 Å². The number of benzene rings is 2. The minimum Gasteiger partial charge on any atom is -0.490 e. The molecule has 3 fully saturated rings. The van der Waals surface area contributed by atoms with Crippen LogP contribution in [0.3, 0.4) is 0 Å². The van der Waals surface area contributed by atoms with Crippen molar-refractivity contribution in [2.75, 3.05) is 44.7 Å². The number of nitrogens with two attached hydrogens (primary N) is 1. The predicted molar refractivity (Wildman–Crippen MR) is 175 cm³/mol.